The number of nitrogens with one attached hydrogen (secondary N) is 2. The van der Waals surface area contributed by atoms with E-state index in [1.807, 2.05) is 30.3 Å². The first-order valence-corrected chi connectivity index (χ1v) is 8.40. The fourth-order valence-corrected chi connectivity index (χ4v) is 2.76. The fourth-order valence-electron chi connectivity index (χ4n) is 2.76. The van der Waals surface area contributed by atoms with Crippen molar-refractivity contribution in [1.82, 2.24) is 15.0 Å². The second kappa shape index (κ2) is 7.25. The van der Waals surface area contributed by atoms with Crippen molar-refractivity contribution in [3.63, 3.8) is 0 Å². The molecule has 0 spiro atoms. The maximum absolute atomic E-state index is 13.0. The zero-order valence-electron chi connectivity index (χ0n) is 14.4. The lowest BCUT2D eigenvalue weighted by Crippen LogP contribution is -2.08. The first kappa shape index (κ1) is 16.7. The predicted molar refractivity (Wildman–Crippen MR) is 105 cm³/mol. The van der Waals surface area contributed by atoms with Crippen LogP contribution in [0.4, 0.5) is 27.4 Å². The second-order valence-electron chi connectivity index (χ2n) is 5.97. The summed E-state index contributed by atoms with van der Waals surface area (Å²) >= 11 is 0. The summed E-state index contributed by atoms with van der Waals surface area (Å²) in [7, 11) is 0. The minimum absolute atomic E-state index is 0.268. The molecule has 0 unspecified atom stereocenters. The average Bonchev–Trinajstić information content (AvgIpc) is 2.70. The first-order valence-electron chi connectivity index (χ1n) is 8.40. The van der Waals surface area contributed by atoms with E-state index in [9.17, 15) is 4.39 Å². The van der Waals surface area contributed by atoms with E-state index in [0.717, 1.165) is 22.2 Å². The van der Waals surface area contributed by atoms with Crippen LogP contribution in [0.5, 0.6) is 0 Å². The molecule has 0 atom stereocenters. The summed E-state index contributed by atoms with van der Waals surface area (Å²) in [4.78, 5) is 12.9. The molecule has 6 nitrogen and oxygen atoms in total. The highest BCUT2D eigenvalue weighted by molar-refractivity contribution is 5.93. The maximum atomic E-state index is 13.0. The van der Waals surface area contributed by atoms with Crippen LogP contribution in [-0.2, 0) is 6.54 Å². The normalized spacial score (nSPS) is 10.7. The molecule has 0 aliphatic rings. The molecule has 0 saturated heterocycles. The number of fused-ring (bicyclic) bond motifs is 1. The highest BCUT2D eigenvalue weighted by Crippen LogP contribution is 2.29. The molecule has 0 bridgehead atoms. The number of nitrogens with zero attached hydrogens (tertiary/aromatic N) is 3. The fraction of sp³-hybridized carbons (Fsp3) is 0.0500. The molecule has 0 aliphatic heterocycles. The van der Waals surface area contributed by atoms with Gasteiger partial charge in [-0.2, -0.15) is 0 Å². The Hall–Kier alpha value is -3.74. The first-order chi connectivity index (χ1) is 13.2. The number of anilines is 4. The number of nitrogen functional groups attached to an aromatic ring is 1. The van der Waals surface area contributed by atoms with E-state index in [1.54, 1.807) is 18.3 Å². The van der Waals surface area contributed by atoms with Crippen molar-refractivity contribution in [3.8, 4) is 0 Å². The number of benzene rings is 2. The van der Waals surface area contributed by atoms with Gasteiger partial charge in [-0.25, -0.2) is 14.4 Å². The van der Waals surface area contributed by atoms with Crippen LogP contribution >= 0.6 is 0 Å². The Kier molecular flexibility index (Phi) is 4.49. The summed E-state index contributed by atoms with van der Waals surface area (Å²) in [6, 6.07) is 16.0. The number of rotatable bonds is 5. The number of nitrogens with two attached hydrogens (primary N) is 1. The third-order valence-electron chi connectivity index (χ3n) is 4.14. The Morgan fingerprint density at radius 2 is 1.67 bits per heavy atom. The molecule has 2 aromatic carbocycles. The molecular weight excluding hydrogens is 343 g/mol. The van der Waals surface area contributed by atoms with Crippen LogP contribution in [0.2, 0.25) is 0 Å². The maximum Gasteiger partial charge on any atom is 0.159 e. The quantitative estimate of drug-likeness (QED) is 0.496. The molecule has 0 fully saturated rings. The molecule has 134 valence electrons. The Bertz CT molecular complexity index is 1080. The number of aromatic nitrogens is 3. The van der Waals surface area contributed by atoms with Gasteiger partial charge in [-0.15, -0.1) is 0 Å². The number of pyridine rings is 1. The average molecular weight is 360 g/mol. The Morgan fingerprint density at radius 3 is 2.52 bits per heavy atom. The van der Waals surface area contributed by atoms with Crippen molar-refractivity contribution in [2.24, 2.45) is 0 Å². The van der Waals surface area contributed by atoms with Gasteiger partial charge < -0.3 is 16.4 Å². The summed E-state index contributed by atoms with van der Waals surface area (Å²) in [6.45, 7) is 0.469. The van der Waals surface area contributed by atoms with Gasteiger partial charge >= 0.3 is 0 Å². The number of halogens is 1. The van der Waals surface area contributed by atoms with Gasteiger partial charge in [0.15, 0.2) is 11.6 Å². The third-order valence-corrected chi connectivity index (χ3v) is 4.14. The van der Waals surface area contributed by atoms with Crippen molar-refractivity contribution in [1.29, 1.82) is 0 Å². The molecule has 2 aromatic heterocycles. The lowest BCUT2D eigenvalue weighted by molar-refractivity contribution is 0.627. The van der Waals surface area contributed by atoms with Crippen molar-refractivity contribution in [2.75, 3.05) is 16.4 Å². The Labute approximate surface area is 155 Å². The van der Waals surface area contributed by atoms with Crippen LogP contribution in [0.1, 0.15) is 5.56 Å². The van der Waals surface area contributed by atoms with Crippen LogP contribution in [-0.4, -0.2) is 15.0 Å². The van der Waals surface area contributed by atoms with E-state index >= 15 is 0 Å². The van der Waals surface area contributed by atoms with Crippen LogP contribution in [0.25, 0.3) is 10.9 Å². The third kappa shape index (κ3) is 3.62. The molecular formula is C20H17FN6. The molecule has 0 radical (unpaired) electrons. The van der Waals surface area contributed by atoms with Gasteiger partial charge in [0.05, 0.1) is 11.2 Å². The number of para-hydroxylation sites is 1. The summed E-state index contributed by atoms with van der Waals surface area (Å²) in [5.74, 6) is 0.727. The number of hydrogen-bond acceptors (Lipinski definition) is 6. The van der Waals surface area contributed by atoms with Crippen LogP contribution in [0, 0.1) is 5.82 Å². The molecule has 0 aliphatic carbocycles. The van der Waals surface area contributed by atoms with Gasteiger partial charge in [0.25, 0.3) is 0 Å². The highest BCUT2D eigenvalue weighted by atomic mass is 19.1. The second-order valence-corrected chi connectivity index (χ2v) is 5.97. The van der Waals surface area contributed by atoms with E-state index in [-0.39, 0.29) is 5.82 Å². The smallest absolute Gasteiger partial charge is 0.159 e. The summed E-state index contributed by atoms with van der Waals surface area (Å²) < 4.78 is 13.0. The largest absolute Gasteiger partial charge is 0.393 e. The standard InChI is InChI=1S/C20H17FN6/c21-15-8-6-13(7-9-15)11-24-19-17(22)20(26-12-25-19)27-16-5-1-3-14-4-2-10-23-18(14)16/h1-10,12H,11,22H2,(H2,24,25,26,27). The van der Waals surface area contributed by atoms with Crippen molar-refractivity contribution in [3.05, 3.63) is 78.5 Å². The van der Waals surface area contributed by atoms with Crippen LogP contribution < -0.4 is 16.4 Å². The van der Waals surface area contributed by atoms with Gasteiger partial charge in [0, 0.05) is 18.1 Å². The lowest BCUT2D eigenvalue weighted by atomic mass is 10.2. The molecule has 2 heterocycles. The highest BCUT2D eigenvalue weighted by Gasteiger charge is 2.10. The summed E-state index contributed by atoms with van der Waals surface area (Å²) in [5, 5.41) is 7.41. The summed E-state index contributed by atoms with van der Waals surface area (Å²) in [5.41, 5.74) is 9.19. The SMILES string of the molecule is Nc1c(NCc2ccc(F)cc2)ncnc1Nc1cccc2cccnc12. The molecule has 4 N–H and O–H groups in total. The van der Waals surface area contributed by atoms with Crippen molar-refractivity contribution < 1.29 is 4.39 Å². The molecule has 27 heavy (non-hydrogen) atoms. The minimum Gasteiger partial charge on any atom is -0.393 e. The van der Waals surface area contributed by atoms with E-state index in [2.05, 4.69) is 25.6 Å². The molecule has 7 heteroatoms. The van der Waals surface area contributed by atoms with Gasteiger partial charge in [0.2, 0.25) is 0 Å². The van der Waals surface area contributed by atoms with Crippen molar-refractivity contribution in [2.45, 2.75) is 6.54 Å². The van der Waals surface area contributed by atoms with Gasteiger partial charge in [0.1, 0.15) is 17.8 Å². The molecule has 0 amide bonds. The van der Waals surface area contributed by atoms with E-state index < -0.39 is 0 Å². The van der Waals surface area contributed by atoms with Crippen molar-refractivity contribution >= 4 is 33.9 Å². The van der Waals surface area contributed by atoms with Crippen LogP contribution in [0.3, 0.4) is 0 Å². The topological polar surface area (TPSA) is 88.8 Å². The van der Waals surface area contributed by atoms with Crippen LogP contribution in [0.15, 0.2) is 67.1 Å². The zero-order valence-corrected chi connectivity index (χ0v) is 14.4. The van der Waals surface area contributed by atoms with E-state index in [4.69, 9.17) is 5.73 Å². The monoisotopic (exact) mass is 360 g/mol. The molecule has 4 aromatic rings. The molecule has 4 rings (SSSR count). The van der Waals surface area contributed by atoms with Gasteiger partial charge in [-0.05, 0) is 29.8 Å². The Balaban J connectivity index is 1.57. The zero-order chi connectivity index (χ0) is 18.6. The van der Waals surface area contributed by atoms with Gasteiger partial charge in [-0.3, -0.25) is 4.98 Å². The lowest BCUT2D eigenvalue weighted by Gasteiger charge is -2.13. The predicted octanol–water partition coefficient (Wildman–Crippen LogP) is 4.10. The molecule has 0 saturated carbocycles. The van der Waals surface area contributed by atoms with E-state index in [1.165, 1.54) is 18.5 Å². The van der Waals surface area contributed by atoms with Gasteiger partial charge in [-0.1, -0.05) is 30.3 Å². The Morgan fingerprint density at radius 1 is 0.889 bits per heavy atom. The number of hydrogen-bond donors (Lipinski definition) is 3. The van der Waals surface area contributed by atoms with E-state index in [0.29, 0.717) is 23.9 Å². The summed E-state index contributed by atoms with van der Waals surface area (Å²) in [6.07, 6.45) is 3.18. The minimum atomic E-state index is -0.268.